The number of alkyl halides is 2. The fourth-order valence-corrected chi connectivity index (χ4v) is 1.66. The summed E-state index contributed by atoms with van der Waals surface area (Å²) in [4.78, 5) is 3.92. The number of benzene rings is 1. The third-order valence-corrected chi connectivity index (χ3v) is 2.65. The molecule has 0 saturated heterocycles. The fraction of sp³-hybridized carbons (Fsp3) is 0.300. The van der Waals surface area contributed by atoms with Crippen LogP contribution in [0.1, 0.15) is 17.9 Å². The van der Waals surface area contributed by atoms with E-state index in [4.69, 9.17) is 4.42 Å². The summed E-state index contributed by atoms with van der Waals surface area (Å²) in [6, 6.07) is 3.78. The van der Waals surface area contributed by atoms with Crippen LogP contribution in [0.15, 0.2) is 22.6 Å². The Balaban J connectivity index is 2.27. The Hall–Kier alpha value is -1.54. The first-order valence-corrected chi connectivity index (χ1v) is 6.69. The smallest absolute Gasteiger partial charge is 0.264 e. The molecule has 0 radical (unpaired) electrons. The molecule has 1 heterocycles. The Kier molecular flexibility index (Phi) is 3.31. The molecule has 0 saturated carbocycles. The van der Waals surface area contributed by atoms with E-state index in [2.05, 4.69) is 9.17 Å². The summed E-state index contributed by atoms with van der Waals surface area (Å²) in [5, 5.41) is 0. The van der Waals surface area contributed by atoms with Gasteiger partial charge in [-0.1, -0.05) is 6.07 Å². The molecule has 8 heteroatoms. The van der Waals surface area contributed by atoms with Gasteiger partial charge in [0.2, 0.25) is 5.89 Å². The van der Waals surface area contributed by atoms with E-state index < -0.39 is 16.5 Å². The minimum atomic E-state index is -3.60. The summed E-state index contributed by atoms with van der Waals surface area (Å²) in [6.45, 7) is -0.364. The van der Waals surface area contributed by atoms with Crippen molar-refractivity contribution in [3.8, 4) is 0 Å². The molecule has 0 fully saturated rings. The van der Waals surface area contributed by atoms with Gasteiger partial charge in [-0.15, -0.1) is 0 Å². The van der Waals surface area contributed by atoms with E-state index in [1.807, 2.05) is 0 Å². The first kappa shape index (κ1) is 12.9. The Morgan fingerprint density at radius 3 is 2.78 bits per heavy atom. The van der Waals surface area contributed by atoms with E-state index in [9.17, 15) is 17.2 Å². The molecule has 5 nitrogen and oxygen atoms in total. The molecule has 2 aromatic rings. The van der Waals surface area contributed by atoms with Gasteiger partial charge in [-0.05, 0) is 12.1 Å². The van der Waals surface area contributed by atoms with E-state index >= 15 is 0 Å². The molecule has 0 aliphatic heterocycles. The van der Waals surface area contributed by atoms with E-state index in [1.165, 1.54) is 12.1 Å². The number of hydrogen-bond donors (Lipinski definition) is 0. The number of fused-ring (bicyclic) bond motifs is 1. The van der Waals surface area contributed by atoms with Crippen molar-refractivity contribution in [2.45, 2.75) is 13.0 Å². The van der Waals surface area contributed by atoms with Crippen molar-refractivity contribution >= 4 is 21.2 Å². The molecule has 1 aromatic heterocycles. The van der Waals surface area contributed by atoms with Crippen molar-refractivity contribution in [3.05, 3.63) is 29.7 Å². The average Bonchev–Trinajstić information content (AvgIpc) is 2.66. The van der Waals surface area contributed by atoms with Crippen molar-refractivity contribution in [1.29, 1.82) is 0 Å². The topological polar surface area (TPSA) is 69.4 Å². The molecule has 0 N–H and O–H groups in total. The zero-order valence-corrected chi connectivity index (χ0v) is 10.1. The lowest BCUT2D eigenvalue weighted by Gasteiger charge is -1.96. The minimum Gasteiger partial charge on any atom is -0.438 e. The van der Waals surface area contributed by atoms with Crippen LogP contribution in [0, 0.1) is 0 Å². The Morgan fingerprint density at radius 2 is 2.17 bits per heavy atom. The number of nitrogens with zero attached hydrogens (tertiary/aromatic N) is 1. The minimum absolute atomic E-state index is 0.0156. The Morgan fingerprint density at radius 1 is 1.44 bits per heavy atom. The summed E-state index contributed by atoms with van der Waals surface area (Å²) < 4.78 is 56.0. The number of hydrogen-bond acceptors (Lipinski definition) is 5. The quantitative estimate of drug-likeness (QED) is 0.801. The highest BCUT2D eigenvalue weighted by atomic mass is 32.2. The van der Waals surface area contributed by atoms with Gasteiger partial charge in [0, 0.05) is 5.56 Å². The maximum Gasteiger partial charge on any atom is 0.264 e. The van der Waals surface area contributed by atoms with Crippen molar-refractivity contribution in [1.82, 2.24) is 4.98 Å². The van der Waals surface area contributed by atoms with E-state index in [0.717, 1.165) is 12.3 Å². The van der Waals surface area contributed by atoms with Gasteiger partial charge >= 0.3 is 0 Å². The molecular formula is C10H9F2NO4S. The summed E-state index contributed by atoms with van der Waals surface area (Å²) >= 11 is 0. The van der Waals surface area contributed by atoms with Crippen molar-refractivity contribution in [2.24, 2.45) is 0 Å². The average molecular weight is 277 g/mol. The van der Waals surface area contributed by atoms with Crippen LogP contribution >= 0.6 is 0 Å². The Bertz CT molecular complexity index is 666. The molecule has 0 spiro atoms. The summed E-state index contributed by atoms with van der Waals surface area (Å²) in [5.41, 5.74) is 0.348. The van der Waals surface area contributed by atoms with E-state index in [0.29, 0.717) is 5.52 Å². The first-order valence-electron chi connectivity index (χ1n) is 4.87. The Labute approximate surface area is 102 Å². The molecular weight excluding hydrogens is 268 g/mol. The SMILES string of the molecule is CS(=O)(=O)OCc1nc2ccc(C(F)F)cc2o1. The largest absolute Gasteiger partial charge is 0.438 e. The van der Waals surface area contributed by atoms with Gasteiger partial charge in [0.15, 0.2) is 5.58 Å². The monoisotopic (exact) mass is 277 g/mol. The molecule has 0 unspecified atom stereocenters. The highest BCUT2D eigenvalue weighted by Gasteiger charge is 2.13. The number of aromatic nitrogens is 1. The molecule has 0 aliphatic carbocycles. The van der Waals surface area contributed by atoms with Gasteiger partial charge in [0.05, 0.1) is 6.26 Å². The second kappa shape index (κ2) is 4.62. The lowest BCUT2D eigenvalue weighted by Crippen LogP contribution is -2.02. The van der Waals surface area contributed by atoms with Gasteiger partial charge < -0.3 is 4.42 Å². The third kappa shape index (κ3) is 3.02. The van der Waals surface area contributed by atoms with E-state index in [-0.39, 0.29) is 23.6 Å². The van der Waals surface area contributed by atoms with Crippen LogP contribution in [0.25, 0.3) is 11.1 Å². The highest BCUT2D eigenvalue weighted by Crippen LogP contribution is 2.24. The van der Waals surface area contributed by atoms with Crippen LogP contribution in [-0.2, 0) is 20.9 Å². The standard InChI is InChI=1S/C10H9F2NO4S/c1-18(14,15)16-5-9-13-7-3-2-6(10(11)12)4-8(7)17-9/h2-4,10H,5H2,1H3. The summed E-state index contributed by atoms with van der Waals surface area (Å²) in [5.74, 6) is 0.0156. The molecule has 98 valence electrons. The second-order valence-electron chi connectivity index (χ2n) is 3.60. The normalized spacial score (nSPS) is 12.4. The van der Waals surface area contributed by atoms with Gasteiger partial charge in [-0.3, -0.25) is 4.18 Å². The molecule has 1 aromatic carbocycles. The van der Waals surface area contributed by atoms with Gasteiger partial charge in [0.25, 0.3) is 16.5 Å². The maximum absolute atomic E-state index is 12.4. The molecule has 0 bridgehead atoms. The van der Waals surface area contributed by atoms with Crippen molar-refractivity contribution < 1.29 is 25.8 Å². The predicted octanol–water partition coefficient (Wildman–Crippen LogP) is 2.24. The van der Waals surface area contributed by atoms with Crippen LogP contribution in [0.3, 0.4) is 0 Å². The van der Waals surface area contributed by atoms with Crippen molar-refractivity contribution in [3.63, 3.8) is 0 Å². The van der Waals surface area contributed by atoms with Gasteiger partial charge in [-0.25, -0.2) is 13.8 Å². The summed E-state index contributed by atoms with van der Waals surface area (Å²) in [7, 11) is -3.60. The van der Waals surface area contributed by atoms with E-state index in [1.54, 1.807) is 0 Å². The lowest BCUT2D eigenvalue weighted by atomic mass is 10.2. The summed E-state index contributed by atoms with van der Waals surface area (Å²) in [6.07, 6.45) is -1.71. The first-order chi connectivity index (χ1) is 8.35. The van der Waals surface area contributed by atoms with Gasteiger partial charge in [-0.2, -0.15) is 8.42 Å². The fourth-order valence-electron chi connectivity index (χ4n) is 1.34. The second-order valence-corrected chi connectivity index (χ2v) is 5.25. The van der Waals surface area contributed by atoms with Crippen LogP contribution in [0.5, 0.6) is 0 Å². The highest BCUT2D eigenvalue weighted by molar-refractivity contribution is 7.85. The van der Waals surface area contributed by atoms with Crippen LogP contribution in [0.4, 0.5) is 8.78 Å². The maximum atomic E-state index is 12.4. The lowest BCUT2D eigenvalue weighted by molar-refractivity contribution is 0.151. The number of oxazole rings is 1. The van der Waals surface area contributed by atoms with Crippen LogP contribution in [0.2, 0.25) is 0 Å². The molecule has 0 aliphatic rings. The molecule has 18 heavy (non-hydrogen) atoms. The van der Waals surface area contributed by atoms with Gasteiger partial charge in [0.1, 0.15) is 12.1 Å². The molecule has 0 amide bonds. The molecule has 0 atom stereocenters. The zero-order chi connectivity index (χ0) is 13.3. The number of halogens is 2. The van der Waals surface area contributed by atoms with Crippen molar-refractivity contribution in [2.75, 3.05) is 6.26 Å². The third-order valence-electron chi connectivity index (χ3n) is 2.11. The molecule has 2 rings (SSSR count). The van der Waals surface area contributed by atoms with Crippen LogP contribution in [-0.4, -0.2) is 19.7 Å². The predicted molar refractivity (Wildman–Crippen MR) is 58.6 cm³/mol. The zero-order valence-electron chi connectivity index (χ0n) is 9.26. The number of rotatable bonds is 4. The van der Waals surface area contributed by atoms with Crippen LogP contribution < -0.4 is 0 Å².